The van der Waals surface area contributed by atoms with Gasteiger partial charge < -0.3 is 9.13 Å². The first-order valence-corrected chi connectivity index (χ1v) is 24.3. The molecular weight excluding hydrogens is 974 g/mol. The van der Waals surface area contributed by atoms with Gasteiger partial charge in [-0.05, 0) is 98.6 Å². The fourth-order valence-electron chi connectivity index (χ4n) is 10.8. The molecule has 0 saturated heterocycles. The summed E-state index contributed by atoms with van der Waals surface area (Å²) >= 11 is 0. The lowest BCUT2D eigenvalue weighted by Gasteiger charge is -2.22. The number of para-hydroxylation sites is 3. The lowest BCUT2D eigenvalue weighted by molar-refractivity contribution is -0.137. The number of hydrogen-bond donors (Lipinski definition) is 0. The molecule has 0 fully saturated rings. The van der Waals surface area contributed by atoms with Crippen LogP contribution >= 0.6 is 0 Å². The van der Waals surface area contributed by atoms with Gasteiger partial charge in [0.1, 0.15) is 0 Å². The summed E-state index contributed by atoms with van der Waals surface area (Å²) in [5, 5.41) is 24.7. The number of aromatic nitrogens is 2. The van der Waals surface area contributed by atoms with Crippen LogP contribution in [0.1, 0.15) is 16.7 Å². The van der Waals surface area contributed by atoms with Crippen LogP contribution in [0.25, 0.3) is 130 Å². The molecule has 78 heavy (non-hydrogen) atoms. The van der Waals surface area contributed by atoms with E-state index in [0.29, 0.717) is 106 Å². The van der Waals surface area contributed by atoms with Gasteiger partial charge in [0.25, 0.3) is 0 Å². The van der Waals surface area contributed by atoms with Crippen molar-refractivity contribution in [2.45, 2.75) is 6.18 Å². The zero-order chi connectivity index (χ0) is 53.8. The normalized spacial score (nSPS) is 11.2. The molecule has 8 nitrogen and oxygen atoms in total. The molecule has 0 N–H and O–H groups in total. The van der Waals surface area contributed by atoms with Crippen molar-refractivity contribution in [1.82, 2.24) is 9.13 Å². The van der Waals surface area contributed by atoms with Gasteiger partial charge >= 0.3 is 6.18 Å². The maximum absolute atomic E-state index is 14.7. The molecule has 10 aromatic carbocycles. The van der Waals surface area contributed by atoms with E-state index in [1.165, 1.54) is 6.07 Å². The van der Waals surface area contributed by atoms with E-state index >= 15 is 0 Å². The van der Waals surface area contributed by atoms with Crippen LogP contribution in [-0.2, 0) is 6.18 Å². The Morgan fingerprint density at radius 1 is 0.372 bits per heavy atom. The summed E-state index contributed by atoms with van der Waals surface area (Å²) < 4.78 is 48.2. The van der Waals surface area contributed by atoms with Crippen molar-refractivity contribution in [3.8, 4) is 79.1 Å². The molecule has 0 aliphatic carbocycles. The zero-order valence-electron chi connectivity index (χ0n) is 40.8. The maximum atomic E-state index is 14.7. The first-order chi connectivity index (χ1) is 38.0. The number of benzene rings is 10. The summed E-state index contributed by atoms with van der Waals surface area (Å²) in [6.45, 7) is 32.8. The van der Waals surface area contributed by atoms with E-state index in [-0.39, 0.29) is 16.8 Å². The van der Waals surface area contributed by atoms with Crippen molar-refractivity contribution < 1.29 is 13.2 Å². The highest BCUT2D eigenvalue weighted by Crippen LogP contribution is 2.49. The van der Waals surface area contributed by atoms with Gasteiger partial charge in [-0.1, -0.05) is 152 Å². The molecule has 0 aliphatic rings. The minimum atomic E-state index is -4.79. The second-order valence-electron chi connectivity index (χ2n) is 18.5. The minimum absolute atomic E-state index is 0.141. The van der Waals surface area contributed by atoms with E-state index in [0.717, 1.165) is 33.7 Å². The van der Waals surface area contributed by atoms with Crippen LogP contribution in [0.3, 0.4) is 0 Å². The van der Waals surface area contributed by atoms with Gasteiger partial charge in [0.15, 0.2) is 22.7 Å². The third kappa shape index (κ3) is 7.73. The SMILES string of the molecule is [C-]#[N+]c1ccccc1-c1ccc2c3ccc(-c4ccccc4C#N)cc3n(-c3cc(C#N)cc(-n4c5cc(-c6ccccc6[N+]#[C-])ccc5c5ccc(-c6ccccc6[N+]#[C-])cc54)c3-c3ccc(C(F)(F)F)cc3[N+]#[C-])c2c1. The highest BCUT2D eigenvalue weighted by molar-refractivity contribution is 6.15. The number of hydrogen-bond acceptors (Lipinski definition) is 2. The Morgan fingerprint density at radius 2 is 0.744 bits per heavy atom. The lowest BCUT2D eigenvalue weighted by Crippen LogP contribution is -2.07. The molecule has 0 aliphatic heterocycles. The monoisotopic (exact) mass is 1010 g/mol. The predicted octanol–water partition coefficient (Wildman–Crippen LogP) is 19.2. The van der Waals surface area contributed by atoms with Crippen molar-refractivity contribution in [2.75, 3.05) is 0 Å². The van der Waals surface area contributed by atoms with E-state index in [9.17, 15) is 23.7 Å². The van der Waals surface area contributed by atoms with Gasteiger partial charge in [0.2, 0.25) is 0 Å². The molecule has 0 unspecified atom stereocenters. The third-order valence-electron chi connectivity index (χ3n) is 14.3. The summed E-state index contributed by atoms with van der Waals surface area (Å²) in [4.78, 5) is 15.3. The number of halogens is 3. The Bertz CT molecular complexity index is 4330. The Balaban J connectivity index is 1.30. The highest BCUT2D eigenvalue weighted by Gasteiger charge is 2.33. The van der Waals surface area contributed by atoms with Crippen LogP contribution in [0.15, 0.2) is 200 Å². The average molecular weight is 1010 g/mol. The van der Waals surface area contributed by atoms with Gasteiger partial charge in [-0.2, -0.15) is 23.7 Å². The first-order valence-electron chi connectivity index (χ1n) is 24.3. The fourth-order valence-corrected chi connectivity index (χ4v) is 10.8. The number of alkyl halides is 3. The molecular formula is C67H33F3N8. The number of rotatable bonds is 7. The molecule has 0 amide bonds. The van der Waals surface area contributed by atoms with Crippen LogP contribution in [0, 0.1) is 49.0 Å². The molecule has 0 atom stereocenters. The zero-order valence-corrected chi connectivity index (χ0v) is 40.8. The Labute approximate surface area is 445 Å². The molecule has 0 bridgehead atoms. The van der Waals surface area contributed by atoms with E-state index < -0.39 is 11.7 Å². The van der Waals surface area contributed by atoms with Gasteiger partial charge in [-0.3, -0.25) is 0 Å². The summed E-state index contributed by atoms with van der Waals surface area (Å²) in [5.74, 6) is 0. The Hall–Kier alpha value is -11.5. The van der Waals surface area contributed by atoms with Crippen molar-refractivity contribution in [3.63, 3.8) is 0 Å². The van der Waals surface area contributed by atoms with Gasteiger partial charge in [-0.25, -0.2) is 19.4 Å². The van der Waals surface area contributed by atoms with E-state index in [1.54, 1.807) is 60.7 Å². The summed E-state index contributed by atoms with van der Waals surface area (Å²) in [7, 11) is 0. The molecule has 362 valence electrons. The van der Waals surface area contributed by atoms with E-state index in [1.807, 2.05) is 130 Å². The molecule has 2 aromatic heterocycles. The molecule has 0 spiro atoms. The predicted molar refractivity (Wildman–Crippen MR) is 302 cm³/mol. The number of fused-ring (bicyclic) bond motifs is 6. The van der Waals surface area contributed by atoms with Gasteiger partial charge in [0, 0.05) is 32.7 Å². The standard InChI is InChI=1S/C67H33F3N8/c1-73-56-18-10-7-15-48(56)42-22-27-52-51-26-21-41(47-14-6-5-13-45(47)39-72)33-60(51)77(61(52)34-42)64-31-40(38-71)32-65(66(64)55-30-25-46(67(68,69)70)37-59(55)76-4)78-62-35-43(49-16-8-11-19-57(49)74-2)23-28-53(62)54-29-24-44(36-63(54)78)50-17-9-12-20-58(50)75-3/h5-37H. The lowest BCUT2D eigenvalue weighted by atomic mass is 9.95. The summed E-state index contributed by atoms with van der Waals surface area (Å²) in [6.07, 6.45) is -4.79. The van der Waals surface area contributed by atoms with Crippen LogP contribution in [0.4, 0.5) is 35.9 Å². The van der Waals surface area contributed by atoms with Crippen LogP contribution in [0.2, 0.25) is 0 Å². The minimum Gasteiger partial charge on any atom is -0.309 e. The van der Waals surface area contributed by atoms with Crippen LogP contribution in [0.5, 0.6) is 0 Å². The summed E-state index contributed by atoms with van der Waals surface area (Å²) in [6, 6.07) is 63.5. The molecule has 2 heterocycles. The second-order valence-corrected chi connectivity index (χ2v) is 18.5. The molecule has 12 aromatic rings. The van der Waals surface area contributed by atoms with Crippen LogP contribution in [-0.4, -0.2) is 9.13 Å². The van der Waals surface area contributed by atoms with Crippen LogP contribution < -0.4 is 0 Å². The van der Waals surface area contributed by atoms with Crippen molar-refractivity contribution in [2.24, 2.45) is 0 Å². The van der Waals surface area contributed by atoms with Crippen molar-refractivity contribution >= 4 is 66.4 Å². The Morgan fingerprint density at radius 3 is 1.12 bits per heavy atom. The van der Waals surface area contributed by atoms with Gasteiger partial charge in [0.05, 0.1) is 83.0 Å². The van der Waals surface area contributed by atoms with Crippen molar-refractivity contribution in [1.29, 1.82) is 10.5 Å². The molecule has 0 radical (unpaired) electrons. The fraction of sp³-hybridized carbons (Fsp3) is 0.0149. The quantitative estimate of drug-likeness (QED) is 0.149. The van der Waals surface area contributed by atoms with Gasteiger partial charge in [-0.15, -0.1) is 0 Å². The third-order valence-corrected chi connectivity index (χ3v) is 14.3. The highest BCUT2D eigenvalue weighted by atomic mass is 19.4. The smallest absolute Gasteiger partial charge is 0.309 e. The Kier molecular flexibility index (Phi) is 11.4. The first kappa shape index (κ1) is 47.5. The largest absolute Gasteiger partial charge is 0.415 e. The number of nitriles is 2. The molecule has 0 saturated carbocycles. The van der Waals surface area contributed by atoms with E-state index in [4.69, 9.17) is 26.3 Å². The molecule has 12 rings (SSSR count). The summed E-state index contributed by atoms with van der Waals surface area (Å²) in [5.41, 5.74) is 9.58. The molecule has 11 heteroatoms. The average Bonchev–Trinajstić information content (AvgIpc) is 4.13. The van der Waals surface area contributed by atoms with Crippen molar-refractivity contribution in [3.05, 3.63) is 263 Å². The topological polar surface area (TPSA) is 74.9 Å². The van der Waals surface area contributed by atoms with E-state index in [2.05, 4.69) is 31.5 Å². The second kappa shape index (κ2) is 18.8. The maximum Gasteiger partial charge on any atom is 0.415 e. The number of nitrogens with zero attached hydrogens (tertiary/aromatic N) is 8.